The van der Waals surface area contributed by atoms with Gasteiger partial charge in [0, 0.05) is 60.3 Å². The van der Waals surface area contributed by atoms with Crippen LogP contribution in [0.5, 0.6) is 0 Å². The maximum absolute atomic E-state index is 6.37. The molecule has 0 radical (unpaired) electrons. The lowest BCUT2D eigenvalue weighted by Crippen LogP contribution is -1.96. The number of benzene rings is 8. The second-order valence-corrected chi connectivity index (χ2v) is 15.4. The van der Waals surface area contributed by atoms with Crippen molar-refractivity contribution in [1.29, 1.82) is 0 Å². The number of rotatable bonds is 6. The molecule has 0 N–H and O–H groups in total. The molecule has 4 aromatic heterocycles. The molecule has 5 nitrogen and oxygen atoms in total. The molecule has 0 aliphatic carbocycles. The summed E-state index contributed by atoms with van der Waals surface area (Å²) in [7, 11) is 0. The van der Waals surface area contributed by atoms with Gasteiger partial charge in [-0.15, -0.1) is 0 Å². The molecule has 0 amide bonds. The number of fused-ring (bicyclic) bond motifs is 8. The standard InChI is InChI=1S/C56H34N4O/c1-3-12-36(13-4-1)47-32-31-46-49(57-47)33-30-44-42-16-7-9-20-48(42)58-54(53(44)46)39-28-26-38(27-29-39)51-34-50(59-56(60-51)40-14-5-2-6-15-40)37-24-22-35(23-25-37)41-18-11-19-45-43-17-8-10-21-52(43)61-55(41)45/h1-34H. The van der Waals surface area contributed by atoms with E-state index in [0.717, 1.165) is 116 Å². The van der Waals surface area contributed by atoms with E-state index in [4.69, 9.17) is 24.4 Å². The Morgan fingerprint density at radius 3 is 1.64 bits per heavy atom. The first kappa shape index (κ1) is 34.7. The molecule has 61 heavy (non-hydrogen) atoms. The normalized spacial score (nSPS) is 11.6. The fraction of sp³-hybridized carbons (Fsp3) is 0. The fourth-order valence-electron chi connectivity index (χ4n) is 8.69. The molecular weight excluding hydrogens is 745 g/mol. The van der Waals surface area contributed by atoms with Crippen LogP contribution in [-0.4, -0.2) is 19.9 Å². The van der Waals surface area contributed by atoms with E-state index in [2.05, 4.69) is 158 Å². The smallest absolute Gasteiger partial charge is 0.160 e. The molecule has 12 rings (SSSR count). The highest BCUT2D eigenvalue weighted by Gasteiger charge is 2.17. The topological polar surface area (TPSA) is 64.7 Å². The molecule has 4 heterocycles. The number of furan rings is 1. The van der Waals surface area contributed by atoms with Gasteiger partial charge in [0.15, 0.2) is 5.82 Å². The van der Waals surface area contributed by atoms with Crippen molar-refractivity contribution in [3.8, 4) is 67.5 Å². The minimum absolute atomic E-state index is 0.671. The third-order valence-corrected chi connectivity index (χ3v) is 11.7. The van der Waals surface area contributed by atoms with E-state index in [1.165, 1.54) is 0 Å². The Hall–Kier alpha value is -8.28. The first-order chi connectivity index (χ1) is 30.2. The molecule has 0 fully saturated rings. The molecule has 0 atom stereocenters. The van der Waals surface area contributed by atoms with Gasteiger partial charge < -0.3 is 4.42 Å². The highest BCUT2D eigenvalue weighted by molar-refractivity contribution is 6.20. The van der Waals surface area contributed by atoms with Crippen LogP contribution < -0.4 is 0 Å². The predicted octanol–water partition coefficient (Wildman–Crippen LogP) is 14.6. The molecule has 0 aliphatic heterocycles. The second kappa shape index (κ2) is 14.2. The largest absolute Gasteiger partial charge is 0.455 e. The molecule has 0 saturated carbocycles. The van der Waals surface area contributed by atoms with Crippen molar-refractivity contribution >= 4 is 54.5 Å². The Morgan fingerprint density at radius 1 is 0.311 bits per heavy atom. The lowest BCUT2D eigenvalue weighted by Gasteiger charge is -2.14. The van der Waals surface area contributed by atoms with Crippen LogP contribution in [0.4, 0.5) is 0 Å². The summed E-state index contributed by atoms with van der Waals surface area (Å²) >= 11 is 0. The van der Waals surface area contributed by atoms with E-state index >= 15 is 0 Å². The highest BCUT2D eigenvalue weighted by atomic mass is 16.3. The van der Waals surface area contributed by atoms with Crippen molar-refractivity contribution in [1.82, 2.24) is 19.9 Å². The average molecular weight is 779 g/mol. The molecule has 284 valence electrons. The van der Waals surface area contributed by atoms with Crippen molar-refractivity contribution < 1.29 is 4.42 Å². The van der Waals surface area contributed by atoms with E-state index in [1.807, 2.05) is 48.5 Å². The van der Waals surface area contributed by atoms with Gasteiger partial charge in [0.25, 0.3) is 0 Å². The second-order valence-electron chi connectivity index (χ2n) is 15.4. The van der Waals surface area contributed by atoms with E-state index in [0.29, 0.717) is 5.82 Å². The molecule has 5 heteroatoms. The number of pyridine rings is 2. The van der Waals surface area contributed by atoms with Gasteiger partial charge in [0.05, 0.1) is 33.8 Å². The number of aromatic nitrogens is 4. The molecule has 0 spiro atoms. The zero-order chi connectivity index (χ0) is 40.3. The number of para-hydroxylation sites is 3. The van der Waals surface area contributed by atoms with Crippen molar-refractivity contribution in [2.75, 3.05) is 0 Å². The van der Waals surface area contributed by atoms with Crippen LogP contribution in [0.15, 0.2) is 211 Å². The zero-order valence-corrected chi connectivity index (χ0v) is 32.8. The lowest BCUT2D eigenvalue weighted by atomic mass is 9.95. The van der Waals surface area contributed by atoms with Gasteiger partial charge in [-0.3, -0.25) is 0 Å². The van der Waals surface area contributed by atoms with Gasteiger partial charge in [-0.05, 0) is 47.3 Å². The molecule has 0 saturated heterocycles. The van der Waals surface area contributed by atoms with E-state index in [1.54, 1.807) is 0 Å². The number of hydrogen-bond donors (Lipinski definition) is 0. The summed E-state index contributed by atoms with van der Waals surface area (Å²) in [6.07, 6.45) is 0. The fourth-order valence-corrected chi connectivity index (χ4v) is 8.69. The first-order valence-electron chi connectivity index (χ1n) is 20.5. The van der Waals surface area contributed by atoms with Crippen LogP contribution in [0.3, 0.4) is 0 Å². The summed E-state index contributed by atoms with van der Waals surface area (Å²) in [6, 6.07) is 71.3. The van der Waals surface area contributed by atoms with Gasteiger partial charge in [-0.1, -0.05) is 170 Å². The summed E-state index contributed by atoms with van der Waals surface area (Å²) in [5.41, 5.74) is 14.4. The summed E-state index contributed by atoms with van der Waals surface area (Å²) in [4.78, 5) is 20.7. The lowest BCUT2D eigenvalue weighted by molar-refractivity contribution is 0.670. The Morgan fingerprint density at radius 2 is 0.885 bits per heavy atom. The van der Waals surface area contributed by atoms with Crippen LogP contribution in [-0.2, 0) is 0 Å². The molecule has 0 aliphatic rings. The molecule has 0 unspecified atom stereocenters. The van der Waals surface area contributed by atoms with Crippen LogP contribution in [0.1, 0.15) is 0 Å². The van der Waals surface area contributed by atoms with Crippen LogP contribution >= 0.6 is 0 Å². The van der Waals surface area contributed by atoms with Gasteiger partial charge in [0.1, 0.15) is 11.2 Å². The Bertz CT molecular complexity index is 3620. The minimum atomic E-state index is 0.671. The van der Waals surface area contributed by atoms with Gasteiger partial charge in [-0.25, -0.2) is 19.9 Å². The third-order valence-electron chi connectivity index (χ3n) is 11.7. The monoisotopic (exact) mass is 778 g/mol. The third kappa shape index (κ3) is 6.02. The zero-order valence-electron chi connectivity index (χ0n) is 32.8. The number of nitrogens with zero attached hydrogens (tertiary/aromatic N) is 4. The van der Waals surface area contributed by atoms with E-state index in [-0.39, 0.29) is 0 Å². The molecule has 0 bridgehead atoms. The summed E-state index contributed by atoms with van der Waals surface area (Å²) in [6.45, 7) is 0. The minimum Gasteiger partial charge on any atom is -0.455 e. The molecule has 8 aromatic carbocycles. The van der Waals surface area contributed by atoms with Crippen molar-refractivity contribution in [2.45, 2.75) is 0 Å². The summed E-state index contributed by atoms with van der Waals surface area (Å²) in [5, 5.41) is 6.67. The van der Waals surface area contributed by atoms with Crippen molar-refractivity contribution in [3.05, 3.63) is 206 Å². The van der Waals surface area contributed by atoms with Gasteiger partial charge in [-0.2, -0.15) is 0 Å². The SMILES string of the molecule is c1ccc(-c2ccc3c(ccc4c5ccccc5nc(-c5ccc(-c6cc(-c7ccc(-c8cccc9c8oc8ccccc89)cc7)nc(-c7ccccc7)n6)cc5)c34)n2)cc1. The van der Waals surface area contributed by atoms with Crippen LogP contribution in [0.2, 0.25) is 0 Å². The molecule has 12 aromatic rings. The quantitative estimate of drug-likeness (QED) is 0.157. The van der Waals surface area contributed by atoms with Gasteiger partial charge >= 0.3 is 0 Å². The van der Waals surface area contributed by atoms with Gasteiger partial charge in [0.2, 0.25) is 0 Å². The van der Waals surface area contributed by atoms with Crippen molar-refractivity contribution in [3.63, 3.8) is 0 Å². The Labute approximate surface area is 351 Å². The van der Waals surface area contributed by atoms with Crippen molar-refractivity contribution in [2.24, 2.45) is 0 Å². The van der Waals surface area contributed by atoms with E-state index < -0.39 is 0 Å². The summed E-state index contributed by atoms with van der Waals surface area (Å²) in [5.74, 6) is 0.671. The highest BCUT2D eigenvalue weighted by Crippen LogP contribution is 2.40. The number of hydrogen-bond acceptors (Lipinski definition) is 5. The first-order valence-corrected chi connectivity index (χ1v) is 20.5. The predicted molar refractivity (Wildman–Crippen MR) is 250 cm³/mol. The Balaban J connectivity index is 0.954. The van der Waals surface area contributed by atoms with Crippen LogP contribution in [0.25, 0.3) is 122 Å². The average Bonchev–Trinajstić information content (AvgIpc) is 3.73. The Kier molecular flexibility index (Phi) is 8.10. The van der Waals surface area contributed by atoms with Crippen LogP contribution in [0, 0.1) is 0 Å². The van der Waals surface area contributed by atoms with E-state index in [9.17, 15) is 0 Å². The molecular formula is C56H34N4O. The summed E-state index contributed by atoms with van der Waals surface area (Å²) < 4.78 is 6.37. The maximum Gasteiger partial charge on any atom is 0.160 e. The maximum atomic E-state index is 6.37.